The number of aliphatic carboxylic acids is 1. The topological polar surface area (TPSA) is 116 Å². The minimum atomic E-state index is -1.40. The summed E-state index contributed by atoms with van der Waals surface area (Å²) in [6.07, 6.45) is 0.348. The summed E-state index contributed by atoms with van der Waals surface area (Å²) in [5.74, 6) is -2.12. The van der Waals surface area contributed by atoms with Crippen molar-refractivity contribution in [2.24, 2.45) is 0 Å². The summed E-state index contributed by atoms with van der Waals surface area (Å²) < 4.78 is 0. The number of hydrogen-bond donors (Lipinski definition) is 3. The maximum absolute atomic E-state index is 11.9. The van der Waals surface area contributed by atoms with E-state index in [-0.39, 0.29) is 18.7 Å². The smallest absolute Gasteiger partial charge is 0.329 e. The Morgan fingerprint density at radius 2 is 2.00 bits per heavy atom. The molecule has 1 saturated heterocycles. The molecule has 0 aromatic carbocycles. The number of hydrogen-bond acceptors (Lipinski definition) is 4. The van der Waals surface area contributed by atoms with Gasteiger partial charge in [-0.25, -0.2) is 9.59 Å². The highest BCUT2D eigenvalue weighted by Gasteiger charge is 2.37. The summed E-state index contributed by atoms with van der Waals surface area (Å²) in [4.78, 5) is 46.3. The number of carbonyl (C=O) groups is 4. The van der Waals surface area contributed by atoms with Crippen LogP contribution < -0.4 is 10.6 Å². The highest BCUT2D eigenvalue weighted by Crippen LogP contribution is 2.13. The number of imide groups is 1. The van der Waals surface area contributed by atoms with Crippen LogP contribution in [0.5, 0.6) is 0 Å². The molecule has 3 N–H and O–H groups in total. The zero-order valence-corrected chi connectivity index (χ0v) is 11.0. The molecule has 1 unspecified atom stereocenters. The zero-order valence-electron chi connectivity index (χ0n) is 11.0. The second kappa shape index (κ2) is 5.25. The molecule has 8 heteroatoms. The lowest BCUT2D eigenvalue weighted by molar-refractivity contribution is -0.146. The maximum atomic E-state index is 11.9. The fraction of sp³-hybridized carbons (Fsp3) is 0.636. The average molecular weight is 271 g/mol. The van der Waals surface area contributed by atoms with Gasteiger partial charge in [-0.1, -0.05) is 0 Å². The predicted octanol–water partition coefficient (Wildman–Crippen LogP) is -0.704. The number of rotatable bonds is 3. The molecule has 0 radical (unpaired) electrons. The number of carboxylic acids is 1. The number of likely N-dealkylation sites (N-methyl/N-ethyl adjacent to an activating group) is 1. The highest BCUT2D eigenvalue weighted by atomic mass is 16.4. The van der Waals surface area contributed by atoms with Crippen molar-refractivity contribution in [3.05, 3.63) is 0 Å². The molecule has 0 aromatic heterocycles. The molecule has 0 saturated carbocycles. The quantitative estimate of drug-likeness (QED) is 0.587. The van der Waals surface area contributed by atoms with Gasteiger partial charge < -0.3 is 15.3 Å². The van der Waals surface area contributed by atoms with Gasteiger partial charge in [-0.3, -0.25) is 14.9 Å². The van der Waals surface area contributed by atoms with Crippen LogP contribution in [0.25, 0.3) is 0 Å². The van der Waals surface area contributed by atoms with Crippen molar-refractivity contribution >= 4 is 23.8 Å². The molecule has 1 rings (SSSR count). The van der Waals surface area contributed by atoms with Crippen LogP contribution in [0.2, 0.25) is 0 Å². The summed E-state index contributed by atoms with van der Waals surface area (Å²) in [7, 11) is 1.33. The molecule has 1 fully saturated rings. The molecule has 4 amide bonds. The van der Waals surface area contributed by atoms with E-state index >= 15 is 0 Å². The molecular formula is C11H17N3O5. The van der Waals surface area contributed by atoms with Gasteiger partial charge in [-0.05, 0) is 20.3 Å². The first-order chi connectivity index (χ1) is 8.66. The fourth-order valence-electron chi connectivity index (χ4n) is 1.47. The lowest BCUT2D eigenvalue weighted by Crippen LogP contribution is -2.59. The van der Waals surface area contributed by atoms with Crippen LogP contribution in [0.1, 0.15) is 26.7 Å². The van der Waals surface area contributed by atoms with E-state index < -0.39 is 29.5 Å². The van der Waals surface area contributed by atoms with Crippen molar-refractivity contribution in [2.75, 3.05) is 7.05 Å². The van der Waals surface area contributed by atoms with Crippen LogP contribution in [0.15, 0.2) is 0 Å². The third-order valence-electron chi connectivity index (χ3n) is 3.20. The third kappa shape index (κ3) is 3.21. The maximum Gasteiger partial charge on any atom is 0.329 e. The van der Waals surface area contributed by atoms with Crippen molar-refractivity contribution in [1.82, 2.24) is 15.5 Å². The van der Waals surface area contributed by atoms with Crippen LogP contribution >= 0.6 is 0 Å². The van der Waals surface area contributed by atoms with E-state index in [4.69, 9.17) is 5.11 Å². The van der Waals surface area contributed by atoms with E-state index in [0.29, 0.717) is 0 Å². The Morgan fingerprint density at radius 1 is 1.42 bits per heavy atom. The minimum absolute atomic E-state index is 0.142. The minimum Gasteiger partial charge on any atom is -0.480 e. The number of carbonyl (C=O) groups excluding carboxylic acids is 3. The van der Waals surface area contributed by atoms with Crippen molar-refractivity contribution < 1.29 is 24.3 Å². The van der Waals surface area contributed by atoms with E-state index in [2.05, 4.69) is 10.6 Å². The van der Waals surface area contributed by atoms with Gasteiger partial charge in [-0.2, -0.15) is 0 Å². The standard InChI is InChI=1S/C11H17N3O5/c1-11(2,9(17)18)14(3)10(19)12-6-4-5-7(15)13-8(6)16/h6H,4-5H2,1-3H3,(H,12,19)(H,17,18)(H,13,15,16). The van der Waals surface area contributed by atoms with Crippen molar-refractivity contribution in [3.63, 3.8) is 0 Å². The summed E-state index contributed by atoms with van der Waals surface area (Å²) in [5.41, 5.74) is -1.40. The Balaban J connectivity index is 2.67. The van der Waals surface area contributed by atoms with Crippen LogP contribution in [0.3, 0.4) is 0 Å². The Bertz CT molecular complexity index is 432. The third-order valence-corrected chi connectivity index (χ3v) is 3.20. The fourth-order valence-corrected chi connectivity index (χ4v) is 1.47. The Kier molecular flexibility index (Phi) is 4.13. The van der Waals surface area contributed by atoms with Gasteiger partial charge in [0.1, 0.15) is 11.6 Å². The molecule has 1 heterocycles. The van der Waals surface area contributed by atoms with Gasteiger partial charge in [0.2, 0.25) is 11.8 Å². The number of piperidine rings is 1. The lowest BCUT2D eigenvalue weighted by Gasteiger charge is -2.33. The SMILES string of the molecule is CN(C(=O)NC1CCC(=O)NC1=O)C(C)(C)C(=O)O. The van der Waals surface area contributed by atoms with Crippen molar-refractivity contribution in [3.8, 4) is 0 Å². The van der Waals surface area contributed by atoms with Crippen LogP contribution in [-0.2, 0) is 14.4 Å². The van der Waals surface area contributed by atoms with Crippen LogP contribution in [0.4, 0.5) is 4.79 Å². The molecule has 19 heavy (non-hydrogen) atoms. The first-order valence-electron chi connectivity index (χ1n) is 5.77. The van der Waals surface area contributed by atoms with Gasteiger partial charge in [-0.15, -0.1) is 0 Å². The first kappa shape index (κ1) is 14.9. The molecular weight excluding hydrogens is 254 g/mol. The summed E-state index contributed by atoms with van der Waals surface area (Å²) >= 11 is 0. The van der Waals surface area contributed by atoms with E-state index in [1.807, 2.05) is 0 Å². The molecule has 1 aliphatic rings. The number of nitrogens with zero attached hydrogens (tertiary/aromatic N) is 1. The van der Waals surface area contributed by atoms with Gasteiger partial charge in [0.05, 0.1) is 0 Å². The number of nitrogens with one attached hydrogen (secondary N) is 2. The largest absolute Gasteiger partial charge is 0.480 e. The normalized spacial score (nSPS) is 19.6. The average Bonchev–Trinajstić information content (AvgIpc) is 2.31. The van der Waals surface area contributed by atoms with E-state index in [0.717, 1.165) is 4.90 Å². The first-order valence-corrected chi connectivity index (χ1v) is 5.77. The summed E-state index contributed by atoms with van der Waals surface area (Å²) in [6, 6.07) is -1.50. The molecule has 0 aromatic rings. The van der Waals surface area contributed by atoms with Gasteiger partial charge >= 0.3 is 12.0 Å². The molecule has 0 aliphatic carbocycles. The Hall–Kier alpha value is -2.12. The number of carboxylic acid groups (broad SMARTS) is 1. The molecule has 106 valence electrons. The monoisotopic (exact) mass is 271 g/mol. The number of urea groups is 1. The Morgan fingerprint density at radius 3 is 2.47 bits per heavy atom. The van der Waals surface area contributed by atoms with E-state index in [9.17, 15) is 19.2 Å². The van der Waals surface area contributed by atoms with Gasteiger partial charge in [0, 0.05) is 13.5 Å². The lowest BCUT2D eigenvalue weighted by atomic mass is 10.0. The molecule has 1 aliphatic heterocycles. The highest BCUT2D eigenvalue weighted by molar-refractivity contribution is 6.01. The second-order valence-electron chi connectivity index (χ2n) is 4.88. The summed E-state index contributed by atoms with van der Waals surface area (Å²) in [6.45, 7) is 2.75. The van der Waals surface area contributed by atoms with E-state index in [1.54, 1.807) is 0 Å². The number of amides is 4. The van der Waals surface area contributed by atoms with Crippen molar-refractivity contribution in [2.45, 2.75) is 38.3 Å². The van der Waals surface area contributed by atoms with Crippen LogP contribution in [-0.4, -0.2) is 52.4 Å². The zero-order chi connectivity index (χ0) is 14.8. The van der Waals surface area contributed by atoms with Gasteiger partial charge in [0.25, 0.3) is 0 Å². The molecule has 0 bridgehead atoms. The predicted molar refractivity (Wildman–Crippen MR) is 64.2 cm³/mol. The Labute approximate surface area is 110 Å². The molecule has 8 nitrogen and oxygen atoms in total. The second-order valence-corrected chi connectivity index (χ2v) is 4.88. The molecule has 0 spiro atoms. The van der Waals surface area contributed by atoms with Crippen LogP contribution in [0, 0.1) is 0 Å². The summed E-state index contributed by atoms with van der Waals surface area (Å²) in [5, 5.41) is 13.5. The van der Waals surface area contributed by atoms with Crippen molar-refractivity contribution in [1.29, 1.82) is 0 Å². The van der Waals surface area contributed by atoms with Gasteiger partial charge in [0.15, 0.2) is 0 Å². The molecule has 1 atom stereocenters. The van der Waals surface area contributed by atoms with E-state index in [1.165, 1.54) is 20.9 Å².